The molecule has 2 aromatic heterocycles. The van der Waals surface area contributed by atoms with Crippen molar-refractivity contribution < 1.29 is 0 Å². The molecule has 0 atom stereocenters. The van der Waals surface area contributed by atoms with Crippen LogP contribution in [0.3, 0.4) is 0 Å². The van der Waals surface area contributed by atoms with E-state index in [1.165, 1.54) is 23.1 Å². The van der Waals surface area contributed by atoms with Gasteiger partial charge >= 0.3 is 0 Å². The van der Waals surface area contributed by atoms with E-state index in [2.05, 4.69) is 4.98 Å². The number of thioether (sulfide) groups is 1. The molecule has 0 aliphatic rings. The summed E-state index contributed by atoms with van der Waals surface area (Å²) in [6, 6.07) is 5.41. The Morgan fingerprint density at radius 1 is 1.39 bits per heavy atom. The Morgan fingerprint density at radius 2 is 2.17 bits per heavy atom. The Morgan fingerprint density at radius 3 is 2.87 bits per heavy atom. The van der Waals surface area contributed by atoms with Gasteiger partial charge in [-0.2, -0.15) is 0 Å². The first-order valence-corrected chi connectivity index (χ1v) is 9.60. The first-order valence-electron chi connectivity index (χ1n) is 6.68. The third-order valence-electron chi connectivity index (χ3n) is 3.26. The van der Waals surface area contributed by atoms with Crippen molar-refractivity contribution >= 4 is 63.3 Å². The van der Waals surface area contributed by atoms with Gasteiger partial charge in [-0.05, 0) is 43.0 Å². The van der Waals surface area contributed by atoms with Crippen molar-refractivity contribution in [1.29, 1.82) is 0 Å². The van der Waals surface area contributed by atoms with Crippen LogP contribution in [0.2, 0.25) is 5.02 Å². The number of fused-ring (bicyclic) bond motifs is 1. The molecule has 3 nitrogen and oxygen atoms in total. The zero-order valence-corrected chi connectivity index (χ0v) is 15.5. The van der Waals surface area contributed by atoms with Crippen LogP contribution in [0.1, 0.15) is 12.5 Å². The van der Waals surface area contributed by atoms with Gasteiger partial charge in [0.15, 0.2) is 5.16 Å². The van der Waals surface area contributed by atoms with Crippen molar-refractivity contribution in [3.8, 4) is 5.69 Å². The van der Waals surface area contributed by atoms with Gasteiger partial charge in [-0.25, -0.2) is 4.98 Å². The summed E-state index contributed by atoms with van der Waals surface area (Å²) < 4.78 is 1.61. The van der Waals surface area contributed by atoms with E-state index < -0.39 is 0 Å². The van der Waals surface area contributed by atoms with Crippen LogP contribution in [0.4, 0.5) is 0 Å². The van der Waals surface area contributed by atoms with E-state index >= 15 is 0 Å². The lowest BCUT2D eigenvalue weighted by Gasteiger charge is -2.12. The summed E-state index contributed by atoms with van der Waals surface area (Å²) in [5.74, 6) is 0. The SMILES string of the molecule is CSc1nc2cscc2c(=O)n1-c1ccc(Cl)c(/C=C(/C)Cl)c1. The number of thiophene rings is 1. The molecule has 0 aliphatic heterocycles. The smallest absolute Gasteiger partial charge is 0.267 e. The van der Waals surface area contributed by atoms with Gasteiger partial charge < -0.3 is 0 Å². The van der Waals surface area contributed by atoms with Gasteiger partial charge in [-0.1, -0.05) is 35.0 Å². The minimum Gasteiger partial charge on any atom is -0.268 e. The highest BCUT2D eigenvalue weighted by Crippen LogP contribution is 2.26. The Bertz CT molecular complexity index is 972. The minimum atomic E-state index is -0.0829. The first-order chi connectivity index (χ1) is 11.0. The molecule has 0 spiro atoms. The molecule has 0 fully saturated rings. The van der Waals surface area contributed by atoms with Crippen molar-refractivity contribution in [2.75, 3.05) is 6.26 Å². The van der Waals surface area contributed by atoms with E-state index in [0.29, 0.717) is 26.3 Å². The molecule has 0 bridgehead atoms. The van der Waals surface area contributed by atoms with Gasteiger partial charge in [0, 0.05) is 20.8 Å². The van der Waals surface area contributed by atoms with E-state index in [9.17, 15) is 4.79 Å². The van der Waals surface area contributed by atoms with Gasteiger partial charge in [-0.3, -0.25) is 9.36 Å². The number of hydrogen-bond acceptors (Lipinski definition) is 4. The molecule has 0 N–H and O–H groups in total. The van der Waals surface area contributed by atoms with Crippen LogP contribution in [-0.2, 0) is 0 Å². The fraction of sp³-hybridized carbons (Fsp3) is 0.125. The maximum atomic E-state index is 12.8. The van der Waals surface area contributed by atoms with E-state index in [-0.39, 0.29) is 5.56 Å². The van der Waals surface area contributed by atoms with Gasteiger partial charge in [0.2, 0.25) is 0 Å². The average Bonchev–Trinajstić information content (AvgIpc) is 2.98. The van der Waals surface area contributed by atoms with Gasteiger partial charge in [0.1, 0.15) is 0 Å². The molecule has 0 saturated heterocycles. The summed E-state index contributed by atoms with van der Waals surface area (Å²) >= 11 is 15.1. The van der Waals surface area contributed by atoms with Crippen LogP contribution in [0.15, 0.2) is 43.9 Å². The molecule has 0 amide bonds. The van der Waals surface area contributed by atoms with Crippen LogP contribution in [0.25, 0.3) is 22.7 Å². The molecular weight excluding hydrogens is 371 g/mol. The standard InChI is InChI=1S/C16H12Cl2N2OS2/c1-9(17)5-10-6-11(3-4-13(10)18)20-15(21)12-7-23-8-14(12)19-16(20)22-2/h3-8H,1-2H3/b9-5-. The highest BCUT2D eigenvalue weighted by atomic mass is 35.5. The lowest BCUT2D eigenvalue weighted by Crippen LogP contribution is -2.21. The van der Waals surface area contributed by atoms with Crippen LogP contribution in [0.5, 0.6) is 0 Å². The number of nitrogens with zero attached hydrogens (tertiary/aromatic N) is 2. The zero-order chi connectivity index (χ0) is 16.6. The third kappa shape index (κ3) is 3.19. The second-order valence-electron chi connectivity index (χ2n) is 4.85. The zero-order valence-electron chi connectivity index (χ0n) is 12.3. The first kappa shape index (κ1) is 16.6. The van der Waals surface area contributed by atoms with Crippen molar-refractivity contribution in [3.05, 3.63) is 54.9 Å². The molecule has 118 valence electrons. The number of rotatable bonds is 3. The monoisotopic (exact) mass is 382 g/mol. The highest BCUT2D eigenvalue weighted by molar-refractivity contribution is 7.98. The van der Waals surface area contributed by atoms with Gasteiger partial charge in [0.05, 0.1) is 16.6 Å². The van der Waals surface area contributed by atoms with Crippen molar-refractivity contribution in [2.24, 2.45) is 0 Å². The highest BCUT2D eigenvalue weighted by Gasteiger charge is 2.13. The molecule has 2 heterocycles. The molecule has 1 aromatic carbocycles. The average molecular weight is 383 g/mol. The van der Waals surface area contributed by atoms with Crippen LogP contribution in [0, 0.1) is 0 Å². The molecule has 0 unspecified atom stereocenters. The van der Waals surface area contributed by atoms with Crippen LogP contribution in [-0.4, -0.2) is 15.8 Å². The van der Waals surface area contributed by atoms with E-state index in [1.807, 2.05) is 29.1 Å². The van der Waals surface area contributed by atoms with E-state index in [1.54, 1.807) is 23.6 Å². The second-order valence-corrected chi connectivity index (χ2v) is 7.37. The number of aromatic nitrogens is 2. The Hall–Kier alpha value is -1.27. The summed E-state index contributed by atoms with van der Waals surface area (Å²) in [4.78, 5) is 17.4. The maximum absolute atomic E-state index is 12.8. The Labute approximate surface area is 151 Å². The number of halogens is 2. The molecule has 3 aromatic rings. The second kappa shape index (κ2) is 6.69. The third-order valence-corrected chi connectivity index (χ3v) is 5.08. The van der Waals surface area contributed by atoms with Gasteiger partial charge in [-0.15, -0.1) is 11.3 Å². The summed E-state index contributed by atoms with van der Waals surface area (Å²) in [5.41, 5.74) is 2.13. The van der Waals surface area contributed by atoms with Crippen molar-refractivity contribution in [1.82, 2.24) is 9.55 Å². The summed E-state index contributed by atoms with van der Waals surface area (Å²) in [6.07, 6.45) is 3.67. The van der Waals surface area contributed by atoms with E-state index in [4.69, 9.17) is 23.2 Å². The molecular formula is C16H12Cl2N2OS2. The van der Waals surface area contributed by atoms with Crippen molar-refractivity contribution in [3.63, 3.8) is 0 Å². The molecule has 0 aliphatic carbocycles. The number of benzene rings is 1. The number of allylic oxidation sites excluding steroid dienone is 1. The fourth-order valence-electron chi connectivity index (χ4n) is 2.26. The maximum Gasteiger partial charge on any atom is 0.267 e. The normalized spacial score (nSPS) is 12.1. The molecule has 0 radical (unpaired) electrons. The Balaban J connectivity index is 2.30. The lowest BCUT2D eigenvalue weighted by atomic mass is 10.2. The van der Waals surface area contributed by atoms with Crippen LogP contribution < -0.4 is 5.56 Å². The predicted octanol–water partition coefficient (Wildman–Crippen LogP) is 5.42. The lowest BCUT2D eigenvalue weighted by molar-refractivity contribution is 0.822. The minimum absolute atomic E-state index is 0.0829. The molecule has 0 saturated carbocycles. The van der Waals surface area contributed by atoms with Gasteiger partial charge in [0.25, 0.3) is 5.56 Å². The largest absolute Gasteiger partial charge is 0.268 e. The topological polar surface area (TPSA) is 34.9 Å². The number of hydrogen-bond donors (Lipinski definition) is 0. The summed E-state index contributed by atoms with van der Waals surface area (Å²) in [5, 5.41) is 6.16. The quantitative estimate of drug-likeness (QED) is 0.447. The van der Waals surface area contributed by atoms with E-state index in [0.717, 1.165) is 11.1 Å². The summed E-state index contributed by atoms with van der Waals surface area (Å²) in [7, 11) is 0. The molecule has 23 heavy (non-hydrogen) atoms. The predicted molar refractivity (Wildman–Crippen MR) is 102 cm³/mol. The van der Waals surface area contributed by atoms with Crippen molar-refractivity contribution in [2.45, 2.75) is 12.1 Å². The molecule has 7 heteroatoms. The molecule has 3 rings (SSSR count). The summed E-state index contributed by atoms with van der Waals surface area (Å²) in [6.45, 7) is 1.78. The van der Waals surface area contributed by atoms with Crippen LogP contribution >= 0.6 is 46.3 Å². The Kier molecular flexibility index (Phi) is 4.82. The fourth-order valence-corrected chi connectivity index (χ4v) is 3.84.